The predicted octanol–water partition coefficient (Wildman–Crippen LogP) is 5.38. The third kappa shape index (κ3) is 4.73. The first-order chi connectivity index (χ1) is 14.6. The van der Waals surface area contributed by atoms with E-state index in [9.17, 15) is 0 Å². The van der Waals surface area contributed by atoms with Crippen molar-refractivity contribution in [2.45, 2.75) is 39.0 Å². The van der Waals surface area contributed by atoms with Crippen molar-refractivity contribution in [3.05, 3.63) is 72.1 Å². The molecule has 0 spiro atoms. The average Bonchev–Trinajstić information content (AvgIpc) is 2.77. The molecule has 0 aliphatic carbocycles. The van der Waals surface area contributed by atoms with Gasteiger partial charge in [-0.1, -0.05) is 56.3 Å². The van der Waals surface area contributed by atoms with E-state index in [2.05, 4.69) is 88.6 Å². The number of aromatic nitrogens is 2. The van der Waals surface area contributed by atoms with Crippen LogP contribution in [-0.2, 0) is 6.42 Å². The first-order valence-electron chi connectivity index (χ1n) is 10.9. The maximum Gasteiger partial charge on any atom is 0.159 e. The molecule has 3 N–H and O–H groups in total. The molecule has 0 saturated carbocycles. The average molecular weight is 402 g/mol. The standard InChI is InChI=1S/C25H31N5/c1-18(2)21-8-10-22(11-9-21)29-24-23(26)25(28-17-27-24)30-14-12-20(13-15-30)16-19-6-4-3-5-7-19/h3-11,17-18,20H,12-16,26H2,1-2H3,(H,27,28,29). The predicted molar refractivity (Wildman–Crippen MR) is 125 cm³/mol. The molecule has 0 amide bonds. The molecule has 3 aromatic rings. The summed E-state index contributed by atoms with van der Waals surface area (Å²) in [6.45, 7) is 6.34. The van der Waals surface area contributed by atoms with Crippen LogP contribution in [0.4, 0.5) is 23.0 Å². The summed E-state index contributed by atoms with van der Waals surface area (Å²) in [6.07, 6.45) is 5.05. The molecule has 5 heteroatoms. The molecular weight excluding hydrogens is 370 g/mol. The van der Waals surface area contributed by atoms with Gasteiger partial charge in [-0.2, -0.15) is 0 Å². The number of hydrogen-bond donors (Lipinski definition) is 2. The van der Waals surface area contributed by atoms with Gasteiger partial charge in [0, 0.05) is 18.8 Å². The Kier molecular flexibility index (Phi) is 6.17. The van der Waals surface area contributed by atoms with E-state index >= 15 is 0 Å². The minimum Gasteiger partial charge on any atom is -0.393 e. The van der Waals surface area contributed by atoms with Crippen LogP contribution in [0.15, 0.2) is 60.9 Å². The zero-order chi connectivity index (χ0) is 20.9. The summed E-state index contributed by atoms with van der Waals surface area (Å²) in [5, 5.41) is 3.36. The zero-order valence-corrected chi connectivity index (χ0v) is 17.9. The van der Waals surface area contributed by atoms with Gasteiger partial charge in [0.2, 0.25) is 0 Å². The lowest BCUT2D eigenvalue weighted by Gasteiger charge is -2.33. The van der Waals surface area contributed by atoms with E-state index in [1.807, 2.05) is 0 Å². The van der Waals surface area contributed by atoms with E-state index in [4.69, 9.17) is 5.73 Å². The monoisotopic (exact) mass is 401 g/mol. The Morgan fingerprint density at radius 2 is 1.70 bits per heavy atom. The van der Waals surface area contributed by atoms with Gasteiger partial charge in [-0.25, -0.2) is 9.97 Å². The Morgan fingerprint density at radius 1 is 1.00 bits per heavy atom. The fraction of sp³-hybridized carbons (Fsp3) is 0.360. The number of rotatable bonds is 6. The third-order valence-corrected chi connectivity index (χ3v) is 5.98. The lowest BCUT2D eigenvalue weighted by atomic mass is 9.90. The summed E-state index contributed by atoms with van der Waals surface area (Å²) in [5.74, 6) is 2.73. The van der Waals surface area contributed by atoms with Crippen molar-refractivity contribution in [3.63, 3.8) is 0 Å². The van der Waals surface area contributed by atoms with Crippen LogP contribution < -0.4 is 16.0 Å². The van der Waals surface area contributed by atoms with E-state index in [1.54, 1.807) is 6.33 Å². The van der Waals surface area contributed by atoms with Crippen molar-refractivity contribution in [2.75, 3.05) is 29.0 Å². The lowest BCUT2D eigenvalue weighted by molar-refractivity contribution is 0.402. The maximum atomic E-state index is 6.47. The van der Waals surface area contributed by atoms with Crippen LogP contribution in [0.25, 0.3) is 0 Å². The number of nitrogens with one attached hydrogen (secondary N) is 1. The highest BCUT2D eigenvalue weighted by Gasteiger charge is 2.23. The third-order valence-electron chi connectivity index (χ3n) is 5.98. The largest absolute Gasteiger partial charge is 0.393 e. The molecule has 0 unspecified atom stereocenters. The summed E-state index contributed by atoms with van der Waals surface area (Å²) < 4.78 is 0. The summed E-state index contributed by atoms with van der Waals surface area (Å²) in [5.41, 5.74) is 10.8. The van der Waals surface area contributed by atoms with Crippen LogP contribution in [0.2, 0.25) is 0 Å². The summed E-state index contributed by atoms with van der Waals surface area (Å²) >= 11 is 0. The smallest absolute Gasteiger partial charge is 0.159 e. The SMILES string of the molecule is CC(C)c1ccc(Nc2ncnc(N3CCC(Cc4ccccc4)CC3)c2N)cc1. The van der Waals surface area contributed by atoms with Crippen molar-refractivity contribution in [2.24, 2.45) is 5.92 Å². The highest BCUT2D eigenvalue weighted by molar-refractivity contribution is 5.78. The Bertz CT molecular complexity index is 945. The minimum absolute atomic E-state index is 0.514. The van der Waals surface area contributed by atoms with Crippen molar-refractivity contribution in [1.82, 2.24) is 9.97 Å². The first-order valence-corrected chi connectivity index (χ1v) is 10.9. The number of benzene rings is 2. The van der Waals surface area contributed by atoms with Gasteiger partial charge in [0.05, 0.1) is 0 Å². The number of nitrogens with two attached hydrogens (primary N) is 1. The van der Waals surface area contributed by atoms with Crippen molar-refractivity contribution in [1.29, 1.82) is 0 Å². The molecule has 30 heavy (non-hydrogen) atoms. The van der Waals surface area contributed by atoms with Gasteiger partial charge >= 0.3 is 0 Å². The van der Waals surface area contributed by atoms with Gasteiger partial charge in [0.25, 0.3) is 0 Å². The Labute approximate surface area is 179 Å². The molecule has 0 bridgehead atoms. The number of nitrogens with zero attached hydrogens (tertiary/aromatic N) is 3. The second-order valence-electron chi connectivity index (χ2n) is 8.48. The molecule has 1 aliphatic rings. The summed E-state index contributed by atoms with van der Waals surface area (Å²) in [6, 6.07) is 19.2. The molecule has 1 aliphatic heterocycles. The molecule has 2 heterocycles. The highest BCUT2D eigenvalue weighted by Crippen LogP contribution is 2.32. The number of nitrogen functional groups attached to an aromatic ring is 1. The first kappa shape index (κ1) is 20.2. The van der Waals surface area contributed by atoms with Crippen LogP contribution in [0, 0.1) is 5.92 Å². The molecule has 2 aromatic carbocycles. The number of hydrogen-bond acceptors (Lipinski definition) is 5. The van der Waals surface area contributed by atoms with Gasteiger partial charge < -0.3 is 16.0 Å². The van der Waals surface area contributed by atoms with E-state index in [0.717, 1.165) is 43.9 Å². The second-order valence-corrected chi connectivity index (χ2v) is 8.48. The van der Waals surface area contributed by atoms with Crippen LogP contribution >= 0.6 is 0 Å². The normalized spacial score (nSPS) is 14.8. The van der Waals surface area contributed by atoms with Crippen molar-refractivity contribution >= 4 is 23.0 Å². The topological polar surface area (TPSA) is 67.1 Å². The molecule has 1 saturated heterocycles. The van der Waals surface area contributed by atoms with Gasteiger partial charge in [-0.15, -0.1) is 0 Å². The molecule has 0 atom stereocenters. The van der Waals surface area contributed by atoms with E-state index in [0.29, 0.717) is 23.3 Å². The molecule has 156 valence electrons. The Balaban J connectivity index is 1.40. The lowest BCUT2D eigenvalue weighted by Crippen LogP contribution is -2.35. The van der Waals surface area contributed by atoms with Crippen LogP contribution in [-0.4, -0.2) is 23.1 Å². The van der Waals surface area contributed by atoms with Crippen molar-refractivity contribution < 1.29 is 0 Å². The molecular formula is C25H31N5. The maximum absolute atomic E-state index is 6.47. The molecule has 4 rings (SSSR count). The van der Waals surface area contributed by atoms with Crippen LogP contribution in [0.5, 0.6) is 0 Å². The highest BCUT2D eigenvalue weighted by atomic mass is 15.2. The van der Waals surface area contributed by atoms with Gasteiger partial charge in [0.15, 0.2) is 11.6 Å². The molecule has 1 fully saturated rings. The Morgan fingerprint density at radius 3 is 2.37 bits per heavy atom. The fourth-order valence-corrected chi connectivity index (χ4v) is 4.12. The zero-order valence-electron chi connectivity index (χ0n) is 17.9. The molecule has 1 aromatic heterocycles. The Hall–Kier alpha value is -3.08. The minimum atomic E-state index is 0.514. The summed E-state index contributed by atoms with van der Waals surface area (Å²) in [7, 11) is 0. The fourth-order valence-electron chi connectivity index (χ4n) is 4.12. The van der Waals surface area contributed by atoms with E-state index in [1.165, 1.54) is 11.1 Å². The summed E-state index contributed by atoms with van der Waals surface area (Å²) in [4.78, 5) is 11.2. The quantitative estimate of drug-likeness (QED) is 0.580. The van der Waals surface area contributed by atoms with E-state index < -0.39 is 0 Å². The van der Waals surface area contributed by atoms with Crippen molar-refractivity contribution in [3.8, 4) is 0 Å². The number of piperidine rings is 1. The van der Waals surface area contributed by atoms with Crippen LogP contribution in [0.1, 0.15) is 43.7 Å². The number of anilines is 4. The van der Waals surface area contributed by atoms with Gasteiger partial charge in [0.1, 0.15) is 12.0 Å². The van der Waals surface area contributed by atoms with Crippen LogP contribution in [0.3, 0.4) is 0 Å². The molecule has 5 nitrogen and oxygen atoms in total. The van der Waals surface area contributed by atoms with E-state index in [-0.39, 0.29) is 0 Å². The van der Waals surface area contributed by atoms with Gasteiger partial charge in [-0.3, -0.25) is 0 Å². The second kappa shape index (κ2) is 9.16. The molecule has 0 radical (unpaired) electrons. The van der Waals surface area contributed by atoms with Gasteiger partial charge in [-0.05, 0) is 54.4 Å².